The van der Waals surface area contributed by atoms with E-state index in [1.54, 1.807) is 0 Å². The smallest absolute Gasteiger partial charge is 0.315 e. The molecule has 6 aliphatic rings. The van der Waals surface area contributed by atoms with Crippen LogP contribution < -0.4 is 0 Å². The Labute approximate surface area is 147 Å². The molecule has 0 aromatic rings. The summed E-state index contributed by atoms with van der Waals surface area (Å²) in [7, 11) is 0. The highest BCUT2D eigenvalue weighted by Crippen LogP contribution is 2.73. The van der Waals surface area contributed by atoms with Crippen molar-refractivity contribution < 1.29 is 24.1 Å². The minimum Gasteiger partial charge on any atom is -0.461 e. The highest BCUT2D eigenvalue weighted by Gasteiger charge is 2.78. The molecule has 5 nitrogen and oxygen atoms in total. The quantitative estimate of drug-likeness (QED) is 0.537. The van der Waals surface area contributed by atoms with Gasteiger partial charge < -0.3 is 19.3 Å². The first-order valence-electron chi connectivity index (χ1n) is 9.74. The summed E-state index contributed by atoms with van der Waals surface area (Å²) >= 11 is 0. The fraction of sp³-hybridized carbons (Fsp3) is 0.850. The molecule has 6 fully saturated rings. The monoisotopic (exact) mass is 346 g/mol. The molecule has 9 atom stereocenters. The first-order valence-corrected chi connectivity index (χ1v) is 9.74. The van der Waals surface area contributed by atoms with Gasteiger partial charge in [-0.25, -0.2) is 0 Å². The number of aliphatic hydroxyl groups is 1. The second kappa shape index (κ2) is 4.32. The highest BCUT2D eigenvalue weighted by molar-refractivity contribution is 5.81. The predicted octanol–water partition coefficient (Wildman–Crippen LogP) is 2.03. The normalized spacial score (nSPS) is 61.5. The van der Waals surface area contributed by atoms with Crippen molar-refractivity contribution in [2.45, 2.75) is 57.5 Å². The molecular formula is C20H26O5. The van der Waals surface area contributed by atoms with Crippen LogP contribution in [0.4, 0.5) is 0 Å². The molecule has 3 aliphatic heterocycles. The summed E-state index contributed by atoms with van der Waals surface area (Å²) in [6.07, 6.45) is 3.50. The van der Waals surface area contributed by atoms with Crippen molar-refractivity contribution in [3.05, 3.63) is 12.2 Å². The number of ether oxygens (including phenoxy) is 3. The van der Waals surface area contributed by atoms with E-state index in [1.807, 2.05) is 0 Å². The van der Waals surface area contributed by atoms with E-state index in [1.165, 1.54) is 0 Å². The van der Waals surface area contributed by atoms with E-state index >= 15 is 0 Å². The Kier molecular flexibility index (Phi) is 2.62. The third-order valence-corrected chi connectivity index (χ3v) is 8.91. The van der Waals surface area contributed by atoms with Crippen LogP contribution in [0.3, 0.4) is 0 Å². The summed E-state index contributed by atoms with van der Waals surface area (Å²) in [5.41, 5.74) is -0.0974. The number of hydrogen-bond acceptors (Lipinski definition) is 5. The van der Waals surface area contributed by atoms with E-state index in [-0.39, 0.29) is 46.9 Å². The lowest BCUT2D eigenvalue weighted by Gasteiger charge is -2.61. The lowest BCUT2D eigenvalue weighted by atomic mass is 9.44. The Bertz CT molecular complexity index is 690. The first-order chi connectivity index (χ1) is 11.9. The average Bonchev–Trinajstić information content (AvgIpc) is 3.22. The van der Waals surface area contributed by atoms with E-state index in [9.17, 15) is 9.90 Å². The van der Waals surface area contributed by atoms with Crippen molar-refractivity contribution in [2.75, 3.05) is 13.2 Å². The molecule has 0 amide bonds. The van der Waals surface area contributed by atoms with Gasteiger partial charge >= 0.3 is 5.97 Å². The number of aliphatic hydroxyl groups excluding tert-OH is 1. The van der Waals surface area contributed by atoms with Crippen LogP contribution >= 0.6 is 0 Å². The summed E-state index contributed by atoms with van der Waals surface area (Å²) in [5.74, 6) is 0.425. The minimum atomic E-state index is -0.810. The van der Waals surface area contributed by atoms with Crippen molar-refractivity contribution in [1.82, 2.24) is 0 Å². The van der Waals surface area contributed by atoms with E-state index in [0.717, 1.165) is 37.9 Å². The summed E-state index contributed by atoms with van der Waals surface area (Å²) in [6.45, 7) is 7.75. The number of hydrogen-bond donors (Lipinski definition) is 1. The molecule has 5 heteroatoms. The molecule has 3 heterocycles. The van der Waals surface area contributed by atoms with Gasteiger partial charge in [0.1, 0.15) is 11.5 Å². The van der Waals surface area contributed by atoms with Gasteiger partial charge in [0.05, 0.1) is 19.3 Å². The third kappa shape index (κ3) is 1.42. The van der Waals surface area contributed by atoms with Gasteiger partial charge in [0, 0.05) is 11.3 Å². The maximum absolute atomic E-state index is 13.2. The van der Waals surface area contributed by atoms with Crippen LogP contribution in [-0.4, -0.2) is 42.8 Å². The molecule has 6 rings (SSSR count). The molecule has 25 heavy (non-hydrogen) atoms. The average molecular weight is 346 g/mol. The summed E-state index contributed by atoms with van der Waals surface area (Å²) < 4.78 is 18.3. The van der Waals surface area contributed by atoms with E-state index < -0.39 is 11.5 Å². The molecule has 3 aliphatic carbocycles. The number of carbonyl (C=O) groups excluding carboxylic acids is 1. The zero-order chi connectivity index (χ0) is 17.2. The SMILES string of the molecule is C=C1[C@@H]2CC[C@@H]3[C@](C2)(C(=O)O[C@H]2CC[C@@]4(C)COC5OC[C@]23[C@H]54)[C@@H]1O. The van der Waals surface area contributed by atoms with Crippen molar-refractivity contribution in [3.63, 3.8) is 0 Å². The number of esters is 1. The number of fused-ring (bicyclic) bond motifs is 1. The molecule has 136 valence electrons. The van der Waals surface area contributed by atoms with Crippen LogP contribution in [0.15, 0.2) is 12.2 Å². The van der Waals surface area contributed by atoms with Gasteiger partial charge in [-0.1, -0.05) is 13.5 Å². The lowest BCUT2D eigenvalue weighted by Crippen LogP contribution is -2.68. The zero-order valence-electron chi connectivity index (χ0n) is 14.7. The molecule has 3 saturated heterocycles. The van der Waals surface area contributed by atoms with Crippen molar-refractivity contribution >= 4 is 5.97 Å². The molecule has 2 bridgehead atoms. The molecule has 3 saturated carbocycles. The predicted molar refractivity (Wildman–Crippen MR) is 87.2 cm³/mol. The third-order valence-electron chi connectivity index (χ3n) is 8.91. The van der Waals surface area contributed by atoms with Crippen molar-refractivity contribution in [3.8, 4) is 0 Å². The second-order valence-electron chi connectivity index (χ2n) is 9.72. The molecular weight excluding hydrogens is 320 g/mol. The fourth-order valence-corrected chi connectivity index (χ4v) is 7.89. The van der Waals surface area contributed by atoms with Gasteiger partial charge in [0.25, 0.3) is 0 Å². The topological polar surface area (TPSA) is 65.0 Å². The van der Waals surface area contributed by atoms with E-state index in [0.29, 0.717) is 13.0 Å². The lowest BCUT2D eigenvalue weighted by molar-refractivity contribution is -0.243. The number of rotatable bonds is 0. The second-order valence-corrected chi connectivity index (χ2v) is 9.72. The van der Waals surface area contributed by atoms with Crippen LogP contribution in [0.1, 0.15) is 39.0 Å². The van der Waals surface area contributed by atoms with Crippen molar-refractivity contribution in [1.29, 1.82) is 0 Å². The van der Waals surface area contributed by atoms with Gasteiger partial charge in [-0.15, -0.1) is 0 Å². The van der Waals surface area contributed by atoms with Crippen LogP contribution in [0.2, 0.25) is 0 Å². The van der Waals surface area contributed by atoms with Gasteiger partial charge in [0.15, 0.2) is 6.29 Å². The molecule has 1 N–H and O–H groups in total. The zero-order valence-corrected chi connectivity index (χ0v) is 14.7. The molecule has 0 aromatic heterocycles. The largest absolute Gasteiger partial charge is 0.461 e. The molecule has 0 radical (unpaired) electrons. The van der Waals surface area contributed by atoms with Crippen molar-refractivity contribution in [2.24, 2.45) is 34.0 Å². The van der Waals surface area contributed by atoms with Gasteiger partial charge in [-0.3, -0.25) is 4.79 Å². The van der Waals surface area contributed by atoms with Crippen LogP contribution in [0.5, 0.6) is 0 Å². The molecule has 0 aromatic carbocycles. The van der Waals surface area contributed by atoms with Gasteiger partial charge in [-0.2, -0.15) is 0 Å². The Morgan fingerprint density at radius 3 is 2.84 bits per heavy atom. The Hall–Kier alpha value is -0.910. The standard InChI is InChI=1S/C20H26O5/c1-10-11-3-4-12-19(7-11,15(10)21)17(22)25-13-5-6-18(2)8-23-16-14(18)20(12,13)9-24-16/h11-16,21H,1,3-9H2,2H3/t11-,12-,13+,14-,15-,16?,18+,19+,20-/m1/s1. The Morgan fingerprint density at radius 2 is 2.00 bits per heavy atom. The minimum absolute atomic E-state index is 0.0834. The maximum Gasteiger partial charge on any atom is 0.315 e. The maximum atomic E-state index is 13.2. The van der Waals surface area contributed by atoms with Crippen LogP contribution in [0, 0.1) is 34.0 Å². The Morgan fingerprint density at radius 1 is 1.20 bits per heavy atom. The summed E-state index contributed by atoms with van der Waals surface area (Å²) in [4.78, 5) is 13.2. The van der Waals surface area contributed by atoms with E-state index in [4.69, 9.17) is 14.2 Å². The van der Waals surface area contributed by atoms with Gasteiger partial charge in [-0.05, 0) is 54.9 Å². The molecule has 1 unspecified atom stereocenters. The van der Waals surface area contributed by atoms with Crippen LogP contribution in [0.25, 0.3) is 0 Å². The highest BCUT2D eigenvalue weighted by atomic mass is 16.7. The van der Waals surface area contributed by atoms with Gasteiger partial charge in [0.2, 0.25) is 0 Å². The summed E-state index contributed by atoms with van der Waals surface area (Å²) in [6, 6.07) is 0. The van der Waals surface area contributed by atoms with Crippen LogP contribution in [-0.2, 0) is 19.0 Å². The number of carbonyl (C=O) groups is 1. The fourth-order valence-electron chi connectivity index (χ4n) is 7.89. The summed E-state index contributed by atoms with van der Waals surface area (Å²) in [5, 5.41) is 11.1. The molecule has 2 spiro atoms. The Balaban J connectivity index is 1.55. The van der Waals surface area contributed by atoms with E-state index in [2.05, 4.69) is 13.5 Å². The first kappa shape index (κ1) is 15.2.